The third-order valence-electron chi connectivity index (χ3n) is 7.86. The van der Waals surface area contributed by atoms with Crippen LogP contribution in [0.25, 0.3) is 0 Å². The van der Waals surface area contributed by atoms with Gasteiger partial charge in [-0.2, -0.15) is 0 Å². The average Bonchev–Trinajstić information content (AvgIpc) is 3.12. The van der Waals surface area contributed by atoms with Crippen molar-refractivity contribution >= 4 is 54.3 Å². The molecule has 0 unspecified atom stereocenters. The van der Waals surface area contributed by atoms with Crippen molar-refractivity contribution in [2.45, 2.75) is 197 Å². The highest BCUT2D eigenvalue weighted by Gasteiger charge is 2.35. The first-order valence-corrected chi connectivity index (χ1v) is 23.4. The second kappa shape index (κ2) is 26.6. The molecule has 0 saturated heterocycles. The number of hydrogen-bond acceptors (Lipinski definition) is 14. The van der Waals surface area contributed by atoms with Crippen LogP contribution in [0.5, 0.6) is 0 Å². The maximum absolute atomic E-state index is 14.1. The van der Waals surface area contributed by atoms with Crippen molar-refractivity contribution < 1.29 is 57.2 Å². The minimum Gasteiger partial charge on any atom is -0.444 e. The van der Waals surface area contributed by atoms with Crippen molar-refractivity contribution in [3.8, 4) is 11.8 Å². The highest BCUT2D eigenvalue weighted by molar-refractivity contribution is 6.06. The molecular weight excluding hydrogens is 905 g/mol. The lowest BCUT2D eigenvalue weighted by atomic mass is 10.1. The van der Waals surface area contributed by atoms with E-state index in [9.17, 15) is 28.8 Å². The predicted molar refractivity (Wildman–Crippen MR) is 268 cm³/mol. The molecular formula is C50H80N8O12. The quantitative estimate of drug-likeness (QED) is 0.0531. The van der Waals surface area contributed by atoms with Crippen molar-refractivity contribution in [3.63, 3.8) is 0 Å². The molecule has 1 aromatic carbocycles. The molecule has 0 aliphatic heterocycles. The summed E-state index contributed by atoms with van der Waals surface area (Å²) in [6, 6.07) is 6.40. The van der Waals surface area contributed by atoms with Crippen LogP contribution in [0.2, 0.25) is 0 Å². The summed E-state index contributed by atoms with van der Waals surface area (Å²) >= 11 is 0. The molecule has 20 nitrogen and oxygen atoms in total. The van der Waals surface area contributed by atoms with Gasteiger partial charge >= 0.3 is 36.6 Å². The van der Waals surface area contributed by atoms with E-state index in [2.05, 4.69) is 37.8 Å². The molecule has 6 amide bonds. The zero-order valence-corrected chi connectivity index (χ0v) is 44.9. The lowest BCUT2D eigenvalue weighted by Crippen LogP contribution is -2.53. The minimum absolute atomic E-state index is 0.0334. The summed E-state index contributed by atoms with van der Waals surface area (Å²) in [7, 11) is 0. The molecule has 1 rings (SSSR count). The lowest BCUT2D eigenvalue weighted by molar-refractivity contribution is 0.0282. The van der Waals surface area contributed by atoms with Crippen molar-refractivity contribution in [3.05, 3.63) is 35.4 Å². The number of unbranched alkanes of at least 4 members (excludes halogenated alkanes) is 5. The Bertz CT molecular complexity index is 2050. The average molecular weight is 985 g/mol. The zero-order chi connectivity index (χ0) is 53.9. The summed E-state index contributed by atoms with van der Waals surface area (Å²) in [6.45, 7) is 30.2. The summed E-state index contributed by atoms with van der Waals surface area (Å²) in [5.41, 5.74) is -4.43. The molecule has 0 aromatic heterocycles. The van der Waals surface area contributed by atoms with Gasteiger partial charge in [-0.3, -0.25) is 26.4 Å². The molecule has 0 aliphatic carbocycles. The molecule has 20 heteroatoms. The zero-order valence-electron chi connectivity index (χ0n) is 44.9. The third-order valence-corrected chi connectivity index (χ3v) is 7.86. The molecule has 0 bridgehead atoms. The largest absolute Gasteiger partial charge is 0.444 e. The Morgan fingerprint density at radius 2 is 0.929 bits per heavy atom. The van der Waals surface area contributed by atoms with Crippen LogP contribution in [0.15, 0.2) is 34.3 Å². The maximum atomic E-state index is 14.1. The number of amidine groups is 1. The van der Waals surface area contributed by atoms with Gasteiger partial charge in [0.15, 0.2) is 0 Å². The van der Waals surface area contributed by atoms with Crippen molar-refractivity contribution in [2.24, 2.45) is 9.98 Å². The standard InChI is InChI=1S/C50H80N8O12/c1-45(2,3)65-39(59)53-36(51)35-29-27-34(28-30-35)26-25-33-58(44(64)70-50(16,17)18)38(56-42(62)68-48(10,11)12)57(43(63)69-49(13,14)15)32-24-22-20-19-21-23-31-52-37(54-40(60)66-46(4,5)6)55-41(61)67-47(7,8)9/h27-30H,19-24,31-33H2,1-18H3,(H2,51,53,59)(H2,52,54,55,60,61). The fourth-order valence-electron chi connectivity index (χ4n) is 5.37. The molecule has 392 valence electrons. The van der Waals surface area contributed by atoms with Gasteiger partial charge < -0.3 is 28.4 Å². The van der Waals surface area contributed by atoms with Crippen LogP contribution in [0, 0.1) is 17.3 Å². The van der Waals surface area contributed by atoms with Gasteiger partial charge in [0.1, 0.15) is 39.4 Å². The lowest BCUT2D eigenvalue weighted by Gasteiger charge is -2.33. The Morgan fingerprint density at radius 3 is 1.37 bits per heavy atom. The third kappa shape index (κ3) is 29.5. The van der Waals surface area contributed by atoms with Crippen LogP contribution < -0.4 is 16.0 Å². The van der Waals surface area contributed by atoms with Crippen molar-refractivity contribution in [1.29, 1.82) is 5.41 Å². The molecule has 0 spiro atoms. The molecule has 0 heterocycles. The van der Waals surface area contributed by atoms with Gasteiger partial charge in [0.05, 0.1) is 6.54 Å². The first-order chi connectivity index (χ1) is 31.8. The van der Waals surface area contributed by atoms with Crippen molar-refractivity contribution in [2.75, 3.05) is 19.6 Å². The summed E-state index contributed by atoms with van der Waals surface area (Å²) in [4.78, 5) is 89.4. The van der Waals surface area contributed by atoms with Crippen LogP contribution in [-0.4, -0.2) is 117 Å². The van der Waals surface area contributed by atoms with Gasteiger partial charge in [0, 0.05) is 24.2 Å². The smallest absolute Gasteiger partial charge is 0.437 e. The number of rotatable bonds is 11. The predicted octanol–water partition coefficient (Wildman–Crippen LogP) is 10.4. The number of aliphatic imine (C=N–C) groups is 2. The second-order valence-corrected chi connectivity index (χ2v) is 22.1. The van der Waals surface area contributed by atoms with E-state index in [0.717, 1.165) is 29.1 Å². The normalized spacial score (nSPS) is 12.2. The van der Waals surface area contributed by atoms with E-state index in [4.69, 9.17) is 33.8 Å². The number of nitrogens with zero attached hydrogens (tertiary/aromatic N) is 4. The Morgan fingerprint density at radius 1 is 0.529 bits per heavy atom. The van der Waals surface area contributed by atoms with Gasteiger partial charge in [-0.1, -0.05) is 49.7 Å². The van der Waals surface area contributed by atoms with Crippen LogP contribution in [-0.2, 0) is 28.4 Å². The number of benzene rings is 1. The van der Waals surface area contributed by atoms with Crippen LogP contribution in [0.1, 0.15) is 174 Å². The van der Waals surface area contributed by atoms with Gasteiger partial charge in [0.25, 0.3) is 0 Å². The maximum Gasteiger partial charge on any atom is 0.437 e. The van der Waals surface area contributed by atoms with Crippen molar-refractivity contribution in [1.82, 2.24) is 25.8 Å². The van der Waals surface area contributed by atoms with E-state index in [-0.39, 0.29) is 24.9 Å². The summed E-state index contributed by atoms with van der Waals surface area (Å²) in [6.07, 6.45) is -1.44. The molecule has 0 fully saturated rings. The highest BCUT2D eigenvalue weighted by atomic mass is 16.6. The van der Waals surface area contributed by atoms with Gasteiger partial charge in [-0.25, -0.2) is 38.6 Å². The minimum atomic E-state index is -1.08. The van der Waals surface area contributed by atoms with E-state index in [1.54, 1.807) is 149 Å². The fraction of sp³-hybridized carbons (Fsp3) is 0.660. The monoisotopic (exact) mass is 985 g/mol. The molecule has 4 N–H and O–H groups in total. The fourth-order valence-corrected chi connectivity index (χ4v) is 5.37. The van der Waals surface area contributed by atoms with E-state index in [0.29, 0.717) is 30.4 Å². The van der Waals surface area contributed by atoms with E-state index in [1.807, 2.05) is 0 Å². The Balaban J connectivity index is 3.44. The Hall–Kier alpha value is -6.39. The first-order valence-electron chi connectivity index (χ1n) is 23.4. The van der Waals surface area contributed by atoms with Gasteiger partial charge in [0.2, 0.25) is 11.9 Å². The molecule has 0 saturated carbocycles. The highest BCUT2D eigenvalue weighted by Crippen LogP contribution is 2.19. The molecule has 1 aromatic rings. The number of guanidine groups is 2. The number of amides is 6. The van der Waals surface area contributed by atoms with Gasteiger partial charge in [-0.15, -0.1) is 4.99 Å². The Kier molecular flexibility index (Phi) is 23.4. The summed E-state index contributed by atoms with van der Waals surface area (Å²) in [5, 5.41) is 15.6. The summed E-state index contributed by atoms with van der Waals surface area (Å²) in [5.74, 6) is 5.17. The number of hydrogen-bond donors (Lipinski definition) is 4. The number of alkyl carbamates (subject to hydrolysis) is 3. The second-order valence-electron chi connectivity index (χ2n) is 22.1. The van der Waals surface area contributed by atoms with Crippen LogP contribution in [0.3, 0.4) is 0 Å². The molecule has 0 aliphatic rings. The number of nitrogens with one attached hydrogen (secondary N) is 4. The van der Waals surface area contributed by atoms with E-state index in [1.165, 1.54) is 0 Å². The number of ether oxygens (including phenoxy) is 6. The van der Waals surface area contributed by atoms with Crippen LogP contribution >= 0.6 is 0 Å². The van der Waals surface area contributed by atoms with Gasteiger partial charge in [-0.05, 0) is 150 Å². The molecule has 70 heavy (non-hydrogen) atoms. The molecule has 0 radical (unpaired) electrons. The topological polar surface area (TPSA) is 249 Å². The van der Waals surface area contributed by atoms with E-state index < -0.39 is 82.7 Å². The Labute approximate surface area is 415 Å². The number of carbonyl (C=O) groups is 6. The molecule has 0 atom stereocenters. The summed E-state index contributed by atoms with van der Waals surface area (Å²) < 4.78 is 32.9. The first kappa shape index (κ1) is 61.6. The van der Waals surface area contributed by atoms with E-state index >= 15 is 0 Å². The SMILES string of the molecule is CC(C)(C)OC(=O)N=C(N(CC#Cc1ccc(C(=N)NC(=O)OC(C)(C)C)cc1)C(=O)OC(C)(C)C)N(CCCCCCCCN=C(NC(=O)OC(C)(C)C)NC(=O)OC(C)(C)C)C(=O)OC(C)(C)C. The number of carbonyl (C=O) groups excluding carboxylic acids is 6. The van der Waals surface area contributed by atoms with Crippen LogP contribution in [0.4, 0.5) is 28.8 Å².